The SMILES string of the molecule is CCCCCCCCCCc1ccc(-c2ccc(/C(F)=C(/F)CCCCCCC)c(F)c2F)cc1. The van der Waals surface area contributed by atoms with Gasteiger partial charge in [0.2, 0.25) is 0 Å². The topological polar surface area (TPSA) is 0 Å². The molecule has 0 spiro atoms. The third kappa shape index (κ3) is 9.82. The maximum absolute atomic E-state index is 14.8. The number of allylic oxidation sites excluding steroid dienone is 1. The molecule has 0 N–H and O–H groups in total. The number of aryl methyl sites for hydroxylation is 1. The summed E-state index contributed by atoms with van der Waals surface area (Å²) in [4.78, 5) is 0. The Labute approximate surface area is 209 Å². The van der Waals surface area contributed by atoms with Crippen molar-refractivity contribution >= 4 is 5.83 Å². The van der Waals surface area contributed by atoms with Gasteiger partial charge in [0.25, 0.3) is 0 Å². The van der Waals surface area contributed by atoms with Crippen molar-refractivity contribution in [1.82, 2.24) is 0 Å². The summed E-state index contributed by atoms with van der Waals surface area (Å²) in [5.74, 6) is -4.81. The second kappa shape index (κ2) is 16.5. The van der Waals surface area contributed by atoms with Gasteiger partial charge in [0, 0.05) is 12.0 Å². The Morgan fingerprint density at radius 1 is 0.600 bits per heavy atom. The van der Waals surface area contributed by atoms with Gasteiger partial charge in [-0.3, -0.25) is 0 Å². The molecule has 2 rings (SSSR count). The van der Waals surface area contributed by atoms with Gasteiger partial charge in [-0.2, -0.15) is 0 Å². The Morgan fingerprint density at radius 2 is 1.14 bits per heavy atom. The maximum atomic E-state index is 14.8. The summed E-state index contributed by atoms with van der Waals surface area (Å²) in [6, 6.07) is 9.85. The van der Waals surface area contributed by atoms with E-state index in [1.54, 1.807) is 12.1 Å². The zero-order chi connectivity index (χ0) is 25.5. The molecule has 0 fully saturated rings. The van der Waals surface area contributed by atoms with Crippen molar-refractivity contribution in [1.29, 1.82) is 0 Å². The Bertz CT molecular complexity index is 899. The maximum Gasteiger partial charge on any atom is 0.169 e. The van der Waals surface area contributed by atoms with Gasteiger partial charge in [-0.25, -0.2) is 17.6 Å². The molecule has 0 atom stereocenters. The average Bonchev–Trinajstić information content (AvgIpc) is 2.87. The van der Waals surface area contributed by atoms with Crippen LogP contribution >= 0.6 is 0 Å². The van der Waals surface area contributed by atoms with E-state index in [4.69, 9.17) is 0 Å². The summed E-state index contributed by atoms with van der Waals surface area (Å²) in [5.41, 5.74) is 1.09. The first kappa shape index (κ1) is 29.1. The van der Waals surface area contributed by atoms with Crippen molar-refractivity contribution in [2.75, 3.05) is 0 Å². The highest BCUT2D eigenvalue weighted by Gasteiger charge is 2.20. The van der Waals surface area contributed by atoms with Crippen LogP contribution in [0.15, 0.2) is 42.2 Å². The number of rotatable bonds is 17. The quantitative estimate of drug-likeness (QED) is 0.153. The Balaban J connectivity index is 1.93. The molecule has 0 unspecified atom stereocenters. The number of unbranched alkanes of at least 4 members (excludes halogenated alkanes) is 11. The molecular weight excluding hydrogens is 448 g/mol. The van der Waals surface area contributed by atoms with Gasteiger partial charge >= 0.3 is 0 Å². The van der Waals surface area contributed by atoms with E-state index in [1.165, 1.54) is 51.0 Å². The molecule has 0 aliphatic carbocycles. The highest BCUT2D eigenvalue weighted by molar-refractivity contribution is 5.69. The number of hydrogen-bond acceptors (Lipinski definition) is 0. The van der Waals surface area contributed by atoms with Crippen LogP contribution in [0.2, 0.25) is 0 Å². The van der Waals surface area contributed by atoms with E-state index < -0.39 is 28.9 Å². The van der Waals surface area contributed by atoms with Gasteiger partial charge in [0.1, 0.15) is 5.83 Å². The lowest BCUT2D eigenvalue weighted by atomic mass is 9.98. The lowest BCUT2D eigenvalue weighted by Crippen LogP contribution is -1.97. The first-order valence-corrected chi connectivity index (χ1v) is 13.6. The predicted octanol–water partition coefficient (Wildman–Crippen LogP) is 11.3. The van der Waals surface area contributed by atoms with Crippen molar-refractivity contribution in [2.24, 2.45) is 0 Å². The number of benzene rings is 2. The lowest BCUT2D eigenvalue weighted by Gasteiger charge is -2.10. The first-order chi connectivity index (χ1) is 17.0. The summed E-state index contributed by atoms with van der Waals surface area (Å²) in [7, 11) is 0. The highest BCUT2D eigenvalue weighted by atomic mass is 19.2. The average molecular weight is 491 g/mol. The molecular formula is C31H42F4. The van der Waals surface area contributed by atoms with Crippen LogP contribution < -0.4 is 0 Å². The summed E-state index contributed by atoms with van der Waals surface area (Å²) >= 11 is 0. The largest absolute Gasteiger partial charge is 0.209 e. The van der Waals surface area contributed by atoms with Crippen molar-refractivity contribution in [3.05, 3.63) is 65.0 Å². The molecule has 0 saturated carbocycles. The fourth-order valence-electron chi connectivity index (χ4n) is 4.40. The fraction of sp³-hybridized carbons (Fsp3) is 0.548. The van der Waals surface area contributed by atoms with Gasteiger partial charge in [0.15, 0.2) is 17.5 Å². The van der Waals surface area contributed by atoms with Crippen LogP contribution in [-0.4, -0.2) is 0 Å². The summed E-state index contributed by atoms with van der Waals surface area (Å²) < 4.78 is 58.1. The van der Waals surface area contributed by atoms with E-state index in [1.807, 2.05) is 12.1 Å². The molecule has 0 saturated heterocycles. The van der Waals surface area contributed by atoms with E-state index in [9.17, 15) is 17.6 Å². The Kier molecular flexibility index (Phi) is 13.8. The van der Waals surface area contributed by atoms with Crippen LogP contribution in [0.5, 0.6) is 0 Å². The minimum absolute atomic E-state index is 0.0534. The minimum atomic E-state index is -1.34. The molecule has 0 aliphatic rings. The summed E-state index contributed by atoms with van der Waals surface area (Å²) in [6.07, 6.45) is 15.3. The van der Waals surface area contributed by atoms with Gasteiger partial charge in [-0.1, -0.05) is 115 Å². The van der Waals surface area contributed by atoms with Crippen LogP contribution in [0.1, 0.15) is 115 Å². The first-order valence-electron chi connectivity index (χ1n) is 13.6. The molecule has 4 heteroatoms. The van der Waals surface area contributed by atoms with Crippen LogP contribution in [0.25, 0.3) is 17.0 Å². The van der Waals surface area contributed by atoms with Crippen LogP contribution in [0.3, 0.4) is 0 Å². The van der Waals surface area contributed by atoms with Crippen molar-refractivity contribution < 1.29 is 17.6 Å². The monoisotopic (exact) mass is 490 g/mol. The second-order valence-electron chi connectivity index (χ2n) is 9.59. The Hall–Kier alpha value is -2.10. The molecule has 35 heavy (non-hydrogen) atoms. The van der Waals surface area contributed by atoms with E-state index in [0.717, 1.165) is 50.2 Å². The Morgan fingerprint density at radius 3 is 1.74 bits per heavy atom. The molecule has 194 valence electrons. The van der Waals surface area contributed by atoms with Crippen LogP contribution in [-0.2, 0) is 6.42 Å². The van der Waals surface area contributed by atoms with E-state index in [0.29, 0.717) is 12.0 Å². The molecule has 0 aliphatic heterocycles. The van der Waals surface area contributed by atoms with Crippen LogP contribution in [0.4, 0.5) is 17.6 Å². The second-order valence-corrected chi connectivity index (χ2v) is 9.59. The molecule has 2 aromatic carbocycles. The van der Waals surface area contributed by atoms with Crippen molar-refractivity contribution in [2.45, 2.75) is 110 Å². The molecule has 0 amide bonds. The molecule has 0 aromatic heterocycles. The van der Waals surface area contributed by atoms with Gasteiger partial charge in [-0.05, 0) is 36.5 Å². The standard InChI is InChI=1S/C31H42F4/c1-3-5-7-9-10-11-13-14-16-24-18-20-25(21-19-24)26-22-23-27(31(35)30(26)34)29(33)28(32)17-15-12-8-6-4-2/h18-23H,3-17H2,1-2H3/b29-28-. The van der Waals surface area contributed by atoms with Crippen molar-refractivity contribution in [3.63, 3.8) is 0 Å². The van der Waals surface area contributed by atoms with Gasteiger partial charge in [0.05, 0.1) is 5.56 Å². The smallest absolute Gasteiger partial charge is 0.169 e. The van der Waals surface area contributed by atoms with E-state index >= 15 is 0 Å². The predicted molar refractivity (Wildman–Crippen MR) is 141 cm³/mol. The molecule has 0 bridgehead atoms. The number of halogens is 4. The normalized spacial score (nSPS) is 12.2. The minimum Gasteiger partial charge on any atom is -0.209 e. The van der Waals surface area contributed by atoms with Gasteiger partial charge in [-0.15, -0.1) is 0 Å². The zero-order valence-corrected chi connectivity index (χ0v) is 21.6. The molecule has 0 heterocycles. The van der Waals surface area contributed by atoms with E-state index in [-0.39, 0.29) is 12.0 Å². The van der Waals surface area contributed by atoms with E-state index in [2.05, 4.69) is 13.8 Å². The summed E-state index contributed by atoms with van der Waals surface area (Å²) in [5, 5.41) is 0. The molecule has 0 nitrogen and oxygen atoms in total. The van der Waals surface area contributed by atoms with Gasteiger partial charge < -0.3 is 0 Å². The molecule has 0 radical (unpaired) electrons. The molecule has 2 aromatic rings. The van der Waals surface area contributed by atoms with Crippen molar-refractivity contribution in [3.8, 4) is 11.1 Å². The van der Waals surface area contributed by atoms with Crippen LogP contribution in [0, 0.1) is 11.6 Å². The summed E-state index contributed by atoms with van der Waals surface area (Å²) in [6.45, 7) is 4.30. The third-order valence-electron chi connectivity index (χ3n) is 6.64. The zero-order valence-electron chi connectivity index (χ0n) is 21.6. The lowest BCUT2D eigenvalue weighted by molar-refractivity contribution is 0.498. The highest BCUT2D eigenvalue weighted by Crippen LogP contribution is 2.33. The fourth-order valence-corrected chi connectivity index (χ4v) is 4.40. The third-order valence-corrected chi connectivity index (χ3v) is 6.64. The number of hydrogen-bond donors (Lipinski definition) is 0.